The van der Waals surface area contributed by atoms with E-state index in [9.17, 15) is 0 Å². The predicted molar refractivity (Wildman–Crippen MR) is 53.1 cm³/mol. The van der Waals surface area contributed by atoms with Crippen LogP contribution >= 0.6 is 11.9 Å². The Morgan fingerprint density at radius 1 is 1.17 bits per heavy atom. The molecule has 0 radical (unpaired) electrons. The first-order valence-corrected chi connectivity index (χ1v) is 5.35. The minimum Gasteiger partial charge on any atom is -0.472 e. The zero-order valence-electron chi connectivity index (χ0n) is 7.29. The molecule has 12 heavy (non-hydrogen) atoms. The third-order valence-corrected chi connectivity index (χ3v) is 2.32. The Hall–Kier alpha value is -0.220. The number of nitrogens with zero attached hydrogens (tertiary/aromatic N) is 1. The van der Waals surface area contributed by atoms with Crippen LogP contribution in [0.25, 0.3) is 0 Å². The molecule has 0 aliphatic carbocycles. The lowest BCUT2D eigenvalue weighted by Crippen LogP contribution is -2.07. The number of aliphatic imine (C=N–C) groups is 1. The van der Waals surface area contributed by atoms with Crippen LogP contribution < -0.4 is 5.14 Å². The zero-order chi connectivity index (χ0) is 8.65. The SMILES string of the molecule is NS/C1=N/CCCCCCCO1. The molecule has 1 heterocycles. The highest BCUT2D eigenvalue weighted by Gasteiger charge is 2.00. The van der Waals surface area contributed by atoms with Gasteiger partial charge in [-0.3, -0.25) is 5.14 Å². The number of nitrogens with two attached hydrogens (primary N) is 1. The van der Waals surface area contributed by atoms with Crippen molar-refractivity contribution in [3.63, 3.8) is 0 Å². The summed E-state index contributed by atoms with van der Waals surface area (Å²) in [6, 6.07) is 0. The Bertz CT molecular complexity index is 150. The second-order valence-electron chi connectivity index (χ2n) is 2.88. The maximum Gasteiger partial charge on any atom is 0.261 e. The molecule has 1 rings (SSSR count). The highest BCUT2D eigenvalue weighted by atomic mass is 32.2. The van der Waals surface area contributed by atoms with E-state index in [-0.39, 0.29) is 0 Å². The molecule has 0 unspecified atom stereocenters. The monoisotopic (exact) mass is 188 g/mol. The third kappa shape index (κ3) is 3.97. The van der Waals surface area contributed by atoms with Crippen molar-refractivity contribution in [1.82, 2.24) is 0 Å². The minimum absolute atomic E-state index is 0.650. The Morgan fingerprint density at radius 3 is 2.75 bits per heavy atom. The standard InChI is InChI=1S/C8H16N2OS/c9-12-8-10-6-4-2-1-3-5-7-11-8/h1-7,9H2/b10-8+. The summed E-state index contributed by atoms with van der Waals surface area (Å²) in [5.41, 5.74) is 0. The molecule has 1 aliphatic heterocycles. The molecule has 0 saturated heterocycles. The Labute approximate surface area is 77.9 Å². The van der Waals surface area contributed by atoms with Crippen LogP contribution in [0.4, 0.5) is 0 Å². The summed E-state index contributed by atoms with van der Waals surface area (Å²) in [6.45, 7) is 1.63. The van der Waals surface area contributed by atoms with Crippen molar-refractivity contribution >= 4 is 17.2 Å². The zero-order valence-corrected chi connectivity index (χ0v) is 8.11. The van der Waals surface area contributed by atoms with E-state index in [1.165, 1.54) is 19.3 Å². The summed E-state index contributed by atoms with van der Waals surface area (Å²) in [5, 5.41) is 6.02. The Balaban J connectivity index is 2.32. The highest BCUT2D eigenvalue weighted by Crippen LogP contribution is 2.08. The second kappa shape index (κ2) is 6.31. The van der Waals surface area contributed by atoms with E-state index in [1.807, 2.05) is 0 Å². The van der Waals surface area contributed by atoms with Gasteiger partial charge in [0.05, 0.1) is 6.61 Å². The maximum atomic E-state index is 5.37. The number of hydrogen-bond acceptors (Lipinski definition) is 4. The Morgan fingerprint density at radius 2 is 1.92 bits per heavy atom. The first kappa shape index (κ1) is 9.86. The number of rotatable bonds is 0. The Kier molecular flexibility index (Phi) is 5.19. The molecule has 0 saturated carbocycles. The van der Waals surface area contributed by atoms with Crippen LogP contribution in [0.15, 0.2) is 4.99 Å². The average Bonchev–Trinajstić information content (AvgIpc) is 2.14. The predicted octanol–water partition coefficient (Wildman–Crippen LogP) is 1.93. The minimum atomic E-state index is 0.650. The van der Waals surface area contributed by atoms with Crippen LogP contribution in [0, 0.1) is 0 Å². The lowest BCUT2D eigenvalue weighted by Gasteiger charge is -2.08. The van der Waals surface area contributed by atoms with E-state index in [2.05, 4.69) is 4.99 Å². The molecular weight excluding hydrogens is 172 g/mol. The summed E-state index contributed by atoms with van der Waals surface area (Å²) in [4.78, 5) is 4.24. The number of ether oxygens (including phenoxy) is 1. The van der Waals surface area contributed by atoms with Gasteiger partial charge in [-0.25, -0.2) is 4.99 Å². The quantitative estimate of drug-likeness (QED) is 0.591. The summed E-state index contributed by atoms with van der Waals surface area (Å²) in [7, 11) is 0. The van der Waals surface area contributed by atoms with Crippen molar-refractivity contribution < 1.29 is 4.74 Å². The molecule has 3 nitrogen and oxygen atoms in total. The summed E-state index contributed by atoms with van der Waals surface area (Å²) in [5.74, 6) is 0. The van der Waals surface area contributed by atoms with Crippen LogP contribution in [-0.4, -0.2) is 18.4 Å². The van der Waals surface area contributed by atoms with Gasteiger partial charge in [-0.15, -0.1) is 0 Å². The summed E-state index contributed by atoms with van der Waals surface area (Å²) in [6.07, 6.45) is 6.14. The first-order valence-electron chi connectivity index (χ1n) is 4.47. The van der Waals surface area contributed by atoms with Crippen molar-refractivity contribution in [2.75, 3.05) is 13.2 Å². The summed E-state index contributed by atoms with van der Waals surface area (Å²) < 4.78 is 5.36. The van der Waals surface area contributed by atoms with E-state index in [0.29, 0.717) is 5.23 Å². The van der Waals surface area contributed by atoms with Crippen LogP contribution in [0.1, 0.15) is 32.1 Å². The summed E-state index contributed by atoms with van der Waals surface area (Å²) >= 11 is 1.11. The molecule has 0 aromatic heterocycles. The van der Waals surface area contributed by atoms with Gasteiger partial charge in [0, 0.05) is 18.5 Å². The van der Waals surface area contributed by atoms with Crippen molar-refractivity contribution in [3.05, 3.63) is 0 Å². The van der Waals surface area contributed by atoms with Crippen LogP contribution in [0.5, 0.6) is 0 Å². The van der Waals surface area contributed by atoms with Gasteiger partial charge in [0.15, 0.2) is 0 Å². The topological polar surface area (TPSA) is 47.6 Å². The van der Waals surface area contributed by atoms with E-state index < -0.39 is 0 Å². The molecule has 1 aliphatic rings. The van der Waals surface area contributed by atoms with Gasteiger partial charge in [0.25, 0.3) is 5.23 Å². The van der Waals surface area contributed by atoms with Gasteiger partial charge in [0.2, 0.25) is 0 Å². The highest BCUT2D eigenvalue weighted by molar-refractivity contribution is 8.11. The fourth-order valence-electron chi connectivity index (χ4n) is 1.19. The van der Waals surface area contributed by atoms with Gasteiger partial charge in [-0.2, -0.15) is 0 Å². The van der Waals surface area contributed by atoms with Crippen molar-refractivity contribution in [3.8, 4) is 0 Å². The van der Waals surface area contributed by atoms with Crippen molar-refractivity contribution in [2.24, 2.45) is 10.1 Å². The molecule has 0 amide bonds. The molecule has 0 fully saturated rings. The van der Waals surface area contributed by atoms with Crippen molar-refractivity contribution in [2.45, 2.75) is 32.1 Å². The van der Waals surface area contributed by atoms with Gasteiger partial charge in [-0.05, 0) is 12.8 Å². The molecule has 4 heteroatoms. The molecule has 0 atom stereocenters. The lowest BCUT2D eigenvalue weighted by atomic mass is 10.1. The second-order valence-corrected chi connectivity index (χ2v) is 3.47. The molecule has 0 bridgehead atoms. The largest absolute Gasteiger partial charge is 0.472 e. The van der Waals surface area contributed by atoms with Gasteiger partial charge in [-0.1, -0.05) is 19.3 Å². The van der Waals surface area contributed by atoms with E-state index in [4.69, 9.17) is 9.88 Å². The molecule has 0 aromatic carbocycles. The molecular formula is C8H16N2OS. The van der Waals surface area contributed by atoms with E-state index in [1.54, 1.807) is 0 Å². The lowest BCUT2D eigenvalue weighted by molar-refractivity contribution is 0.297. The fourth-order valence-corrected chi connectivity index (χ4v) is 1.51. The molecule has 0 aromatic rings. The first-order chi connectivity index (χ1) is 5.93. The smallest absolute Gasteiger partial charge is 0.261 e. The molecule has 2 N–H and O–H groups in total. The van der Waals surface area contributed by atoms with Crippen LogP contribution in [0.3, 0.4) is 0 Å². The third-order valence-electron chi connectivity index (χ3n) is 1.87. The normalized spacial score (nSPS) is 25.2. The maximum absolute atomic E-state index is 5.37. The average molecular weight is 188 g/mol. The van der Waals surface area contributed by atoms with Crippen LogP contribution in [0.2, 0.25) is 0 Å². The van der Waals surface area contributed by atoms with Gasteiger partial charge in [0.1, 0.15) is 0 Å². The van der Waals surface area contributed by atoms with Crippen molar-refractivity contribution in [1.29, 1.82) is 0 Å². The van der Waals surface area contributed by atoms with E-state index >= 15 is 0 Å². The van der Waals surface area contributed by atoms with Gasteiger partial charge >= 0.3 is 0 Å². The van der Waals surface area contributed by atoms with E-state index in [0.717, 1.165) is 37.9 Å². The van der Waals surface area contributed by atoms with Crippen LogP contribution in [-0.2, 0) is 4.74 Å². The fraction of sp³-hybridized carbons (Fsp3) is 0.875. The molecule has 70 valence electrons. The molecule has 0 spiro atoms. The van der Waals surface area contributed by atoms with Gasteiger partial charge < -0.3 is 4.74 Å². The number of hydrogen-bond donors (Lipinski definition) is 1.